The number of benzene rings is 2. The highest BCUT2D eigenvalue weighted by Crippen LogP contribution is 2.20. The molecule has 0 radical (unpaired) electrons. The zero-order valence-corrected chi connectivity index (χ0v) is 17.2. The molecule has 2 aromatic carbocycles. The van der Waals surface area contributed by atoms with E-state index in [9.17, 15) is 12.8 Å². The van der Waals surface area contributed by atoms with Gasteiger partial charge in [0.15, 0.2) is 0 Å². The number of pyridine rings is 1. The van der Waals surface area contributed by atoms with Gasteiger partial charge in [0.2, 0.25) is 10.0 Å². The van der Waals surface area contributed by atoms with Crippen LogP contribution in [0.3, 0.4) is 0 Å². The van der Waals surface area contributed by atoms with E-state index in [0.717, 1.165) is 43.2 Å². The van der Waals surface area contributed by atoms with E-state index in [2.05, 4.69) is 19.5 Å². The van der Waals surface area contributed by atoms with E-state index in [1.807, 2.05) is 12.1 Å². The highest BCUT2D eigenvalue weighted by Gasteiger charge is 2.19. The summed E-state index contributed by atoms with van der Waals surface area (Å²) in [7, 11) is -3.55. The van der Waals surface area contributed by atoms with Crippen LogP contribution in [-0.2, 0) is 16.6 Å². The first-order valence-corrected chi connectivity index (χ1v) is 11.2. The van der Waals surface area contributed by atoms with Crippen LogP contribution in [0, 0.1) is 5.82 Å². The van der Waals surface area contributed by atoms with Gasteiger partial charge < -0.3 is 9.80 Å². The molecule has 156 valence electrons. The maximum absolute atomic E-state index is 13.1. The summed E-state index contributed by atoms with van der Waals surface area (Å²) in [4.78, 5) is 9.09. The van der Waals surface area contributed by atoms with Crippen molar-refractivity contribution in [3.8, 4) is 0 Å². The van der Waals surface area contributed by atoms with Crippen LogP contribution in [0.2, 0.25) is 0 Å². The highest BCUT2D eigenvalue weighted by atomic mass is 32.2. The first-order chi connectivity index (χ1) is 14.5. The van der Waals surface area contributed by atoms with E-state index in [4.69, 9.17) is 0 Å². The predicted molar refractivity (Wildman–Crippen MR) is 116 cm³/mol. The molecule has 1 N–H and O–H groups in total. The molecular weight excluding hydrogens is 403 g/mol. The standard InChI is InChI=1S/C22H23FN4O2S/c23-19-6-8-20(9-7-19)26-12-14-27(15-13-26)22-16-18(10-11-24-22)17-25-30(28,29)21-4-2-1-3-5-21/h1-11,16,25H,12-15,17H2. The Hall–Kier alpha value is -2.97. The van der Waals surface area contributed by atoms with Crippen molar-refractivity contribution in [1.29, 1.82) is 0 Å². The lowest BCUT2D eigenvalue weighted by Gasteiger charge is -2.36. The number of rotatable bonds is 6. The first kappa shape index (κ1) is 20.3. The molecule has 1 fully saturated rings. The van der Waals surface area contributed by atoms with Gasteiger partial charge in [0.1, 0.15) is 11.6 Å². The third kappa shape index (κ3) is 4.77. The van der Waals surface area contributed by atoms with Crippen LogP contribution < -0.4 is 14.5 Å². The Morgan fingerprint density at radius 1 is 0.900 bits per heavy atom. The van der Waals surface area contributed by atoms with Crippen LogP contribution in [0.4, 0.5) is 15.9 Å². The van der Waals surface area contributed by atoms with Crippen LogP contribution >= 0.6 is 0 Å². The molecule has 1 aliphatic heterocycles. The minimum absolute atomic E-state index is 0.197. The van der Waals surface area contributed by atoms with Gasteiger partial charge in [-0.3, -0.25) is 0 Å². The van der Waals surface area contributed by atoms with Crippen LogP contribution in [-0.4, -0.2) is 39.6 Å². The van der Waals surface area contributed by atoms with E-state index < -0.39 is 10.0 Å². The molecule has 0 aliphatic carbocycles. The Balaban J connectivity index is 1.37. The molecule has 0 unspecified atom stereocenters. The molecule has 2 heterocycles. The Bertz CT molecular complexity index is 1080. The number of nitrogens with one attached hydrogen (secondary N) is 1. The van der Waals surface area contributed by atoms with Gasteiger partial charge in [-0.1, -0.05) is 18.2 Å². The lowest BCUT2D eigenvalue weighted by Crippen LogP contribution is -2.46. The van der Waals surface area contributed by atoms with E-state index in [-0.39, 0.29) is 17.3 Å². The summed E-state index contributed by atoms with van der Waals surface area (Å²) in [6.45, 7) is 3.37. The number of hydrogen-bond acceptors (Lipinski definition) is 5. The second-order valence-electron chi connectivity index (χ2n) is 7.11. The molecule has 0 atom stereocenters. The maximum atomic E-state index is 13.1. The summed E-state index contributed by atoms with van der Waals surface area (Å²) in [5, 5.41) is 0. The average Bonchev–Trinajstić information content (AvgIpc) is 2.79. The van der Waals surface area contributed by atoms with Gasteiger partial charge in [-0.25, -0.2) is 22.5 Å². The average molecular weight is 427 g/mol. The van der Waals surface area contributed by atoms with Gasteiger partial charge in [-0.05, 0) is 54.1 Å². The molecule has 0 bridgehead atoms. The largest absolute Gasteiger partial charge is 0.368 e. The van der Waals surface area contributed by atoms with Gasteiger partial charge in [-0.2, -0.15) is 0 Å². The zero-order valence-electron chi connectivity index (χ0n) is 16.4. The van der Waals surface area contributed by atoms with Crippen molar-refractivity contribution in [2.45, 2.75) is 11.4 Å². The quantitative estimate of drug-likeness (QED) is 0.656. The van der Waals surface area contributed by atoms with E-state index in [1.54, 1.807) is 48.7 Å². The molecule has 6 nitrogen and oxygen atoms in total. The molecule has 1 aromatic heterocycles. The molecule has 0 amide bonds. The number of hydrogen-bond donors (Lipinski definition) is 1. The lowest BCUT2D eigenvalue weighted by atomic mass is 10.2. The number of halogens is 1. The minimum atomic E-state index is -3.55. The first-order valence-electron chi connectivity index (χ1n) is 9.76. The SMILES string of the molecule is O=S(=O)(NCc1ccnc(N2CCN(c3ccc(F)cc3)CC2)c1)c1ccccc1. The normalized spacial score (nSPS) is 14.7. The monoisotopic (exact) mass is 426 g/mol. The molecule has 1 saturated heterocycles. The summed E-state index contributed by atoms with van der Waals surface area (Å²) in [6, 6.07) is 18.6. The Labute approximate surface area is 176 Å². The molecule has 3 aromatic rings. The van der Waals surface area contributed by atoms with Crippen molar-refractivity contribution in [3.63, 3.8) is 0 Å². The fourth-order valence-electron chi connectivity index (χ4n) is 3.45. The molecule has 8 heteroatoms. The van der Waals surface area contributed by atoms with Crippen molar-refractivity contribution in [1.82, 2.24) is 9.71 Å². The fourth-order valence-corrected chi connectivity index (χ4v) is 4.49. The number of piperazine rings is 1. The third-order valence-corrected chi connectivity index (χ3v) is 6.54. The molecule has 0 spiro atoms. The molecule has 0 saturated carbocycles. The van der Waals surface area contributed by atoms with Gasteiger partial charge >= 0.3 is 0 Å². The van der Waals surface area contributed by atoms with Gasteiger partial charge in [0, 0.05) is 44.6 Å². The van der Waals surface area contributed by atoms with Crippen molar-refractivity contribution in [2.75, 3.05) is 36.0 Å². The summed E-state index contributed by atoms with van der Waals surface area (Å²) in [6.07, 6.45) is 1.70. The van der Waals surface area contributed by atoms with Gasteiger partial charge in [0.05, 0.1) is 4.90 Å². The van der Waals surface area contributed by atoms with Crippen LogP contribution in [0.15, 0.2) is 77.8 Å². The van der Waals surface area contributed by atoms with Crippen molar-refractivity contribution in [3.05, 3.63) is 84.3 Å². The number of sulfonamides is 1. The summed E-state index contributed by atoms with van der Waals surface area (Å²) < 4.78 is 40.6. The third-order valence-electron chi connectivity index (χ3n) is 5.13. The Morgan fingerprint density at radius 2 is 1.57 bits per heavy atom. The van der Waals surface area contributed by atoms with E-state index in [1.165, 1.54) is 12.1 Å². The molecule has 4 rings (SSSR count). The van der Waals surface area contributed by atoms with Crippen molar-refractivity contribution < 1.29 is 12.8 Å². The second kappa shape index (κ2) is 8.81. The van der Waals surface area contributed by atoms with Crippen LogP contribution in [0.1, 0.15) is 5.56 Å². The van der Waals surface area contributed by atoms with E-state index in [0.29, 0.717) is 0 Å². The second-order valence-corrected chi connectivity index (χ2v) is 8.88. The van der Waals surface area contributed by atoms with Crippen LogP contribution in [0.25, 0.3) is 0 Å². The maximum Gasteiger partial charge on any atom is 0.240 e. The fraction of sp³-hybridized carbons (Fsp3) is 0.227. The van der Waals surface area contributed by atoms with Crippen molar-refractivity contribution >= 4 is 21.5 Å². The number of anilines is 2. The van der Waals surface area contributed by atoms with E-state index >= 15 is 0 Å². The smallest absolute Gasteiger partial charge is 0.240 e. The Morgan fingerprint density at radius 3 is 2.27 bits per heavy atom. The summed E-state index contributed by atoms with van der Waals surface area (Å²) in [5.74, 6) is 0.589. The lowest BCUT2D eigenvalue weighted by molar-refractivity contribution is 0.581. The molecule has 1 aliphatic rings. The Kier molecular flexibility index (Phi) is 5.96. The summed E-state index contributed by atoms with van der Waals surface area (Å²) in [5.41, 5.74) is 1.86. The molecular formula is C22H23FN4O2S. The zero-order chi connectivity index (χ0) is 21.0. The van der Waals surface area contributed by atoms with Gasteiger partial charge in [-0.15, -0.1) is 0 Å². The molecule has 30 heavy (non-hydrogen) atoms. The summed E-state index contributed by atoms with van der Waals surface area (Å²) >= 11 is 0. The highest BCUT2D eigenvalue weighted by molar-refractivity contribution is 7.89. The number of nitrogens with zero attached hydrogens (tertiary/aromatic N) is 3. The predicted octanol–water partition coefficient (Wildman–Crippen LogP) is 3.03. The topological polar surface area (TPSA) is 65.5 Å². The van der Waals surface area contributed by atoms with Gasteiger partial charge in [0.25, 0.3) is 0 Å². The number of aromatic nitrogens is 1. The minimum Gasteiger partial charge on any atom is -0.368 e. The van der Waals surface area contributed by atoms with Crippen LogP contribution in [0.5, 0.6) is 0 Å². The van der Waals surface area contributed by atoms with Crippen molar-refractivity contribution in [2.24, 2.45) is 0 Å².